The summed E-state index contributed by atoms with van der Waals surface area (Å²) in [5.41, 5.74) is 0.170. The molecule has 1 aromatic heterocycles. The van der Waals surface area contributed by atoms with E-state index < -0.39 is 5.97 Å². The largest absolute Gasteiger partial charge is 0.492 e. The number of carbonyl (C=O) groups is 1. The Balaban J connectivity index is 1.85. The average molecular weight is 276 g/mol. The van der Waals surface area contributed by atoms with Crippen molar-refractivity contribution in [2.45, 2.75) is 5.16 Å². The number of ether oxygens (including phenoxy) is 1. The van der Waals surface area contributed by atoms with Gasteiger partial charge in [-0.05, 0) is 18.2 Å². The van der Waals surface area contributed by atoms with Crippen LogP contribution >= 0.6 is 11.8 Å². The number of benzene rings is 1. The molecule has 0 unspecified atom stereocenters. The van der Waals surface area contributed by atoms with Gasteiger partial charge in [-0.15, -0.1) is 0 Å². The molecule has 0 atom stereocenters. The van der Waals surface area contributed by atoms with E-state index in [1.807, 2.05) is 0 Å². The van der Waals surface area contributed by atoms with E-state index in [-0.39, 0.29) is 5.56 Å². The highest BCUT2D eigenvalue weighted by Gasteiger charge is 2.09. The van der Waals surface area contributed by atoms with Crippen LogP contribution in [0.1, 0.15) is 10.4 Å². The third-order valence-electron chi connectivity index (χ3n) is 2.23. The van der Waals surface area contributed by atoms with Crippen LogP contribution in [0.2, 0.25) is 0 Å². The SMILES string of the molecule is O=C(O)c1ccccc1OCCSc1ncccn1. The maximum Gasteiger partial charge on any atom is 0.339 e. The van der Waals surface area contributed by atoms with E-state index in [1.54, 1.807) is 36.7 Å². The summed E-state index contributed by atoms with van der Waals surface area (Å²) >= 11 is 1.46. The first-order chi connectivity index (χ1) is 9.27. The fourth-order valence-electron chi connectivity index (χ4n) is 1.41. The van der Waals surface area contributed by atoms with Crippen molar-refractivity contribution < 1.29 is 14.6 Å². The zero-order chi connectivity index (χ0) is 13.5. The molecule has 1 N–H and O–H groups in total. The second-order valence-electron chi connectivity index (χ2n) is 3.53. The molecule has 0 spiro atoms. The van der Waals surface area contributed by atoms with Crippen LogP contribution in [0.25, 0.3) is 0 Å². The van der Waals surface area contributed by atoms with E-state index in [2.05, 4.69) is 9.97 Å². The summed E-state index contributed by atoms with van der Waals surface area (Å²) in [5.74, 6) is 0.0389. The predicted molar refractivity (Wildman–Crippen MR) is 71.7 cm³/mol. The van der Waals surface area contributed by atoms with Gasteiger partial charge in [0.1, 0.15) is 11.3 Å². The molecule has 0 saturated heterocycles. The number of rotatable bonds is 6. The zero-order valence-electron chi connectivity index (χ0n) is 10.0. The summed E-state index contributed by atoms with van der Waals surface area (Å²) in [4.78, 5) is 19.1. The Kier molecular flexibility index (Phi) is 4.74. The molecular formula is C13H12N2O3S. The molecule has 2 rings (SSSR count). The van der Waals surface area contributed by atoms with Crippen LogP contribution < -0.4 is 4.74 Å². The highest BCUT2D eigenvalue weighted by atomic mass is 32.2. The lowest BCUT2D eigenvalue weighted by Gasteiger charge is -2.08. The third-order valence-corrected chi connectivity index (χ3v) is 3.07. The lowest BCUT2D eigenvalue weighted by atomic mass is 10.2. The Labute approximate surface area is 114 Å². The minimum atomic E-state index is -0.991. The second kappa shape index (κ2) is 6.75. The first-order valence-electron chi connectivity index (χ1n) is 5.62. The van der Waals surface area contributed by atoms with Crippen LogP contribution in [0.5, 0.6) is 5.75 Å². The average Bonchev–Trinajstić information content (AvgIpc) is 2.45. The maximum absolute atomic E-state index is 11.0. The van der Waals surface area contributed by atoms with E-state index in [0.717, 1.165) is 0 Å². The Morgan fingerprint density at radius 2 is 1.95 bits per heavy atom. The zero-order valence-corrected chi connectivity index (χ0v) is 10.8. The van der Waals surface area contributed by atoms with Gasteiger partial charge < -0.3 is 9.84 Å². The normalized spacial score (nSPS) is 10.1. The molecule has 0 amide bonds. The smallest absolute Gasteiger partial charge is 0.339 e. The lowest BCUT2D eigenvalue weighted by molar-refractivity contribution is 0.0692. The van der Waals surface area contributed by atoms with Crippen molar-refractivity contribution in [1.29, 1.82) is 0 Å². The molecule has 0 aliphatic heterocycles. The minimum Gasteiger partial charge on any atom is -0.492 e. The molecule has 19 heavy (non-hydrogen) atoms. The van der Waals surface area contributed by atoms with Gasteiger partial charge in [-0.2, -0.15) is 0 Å². The Morgan fingerprint density at radius 1 is 1.21 bits per heavy atom. The predicted octanol–water partition coefficient (Wildman–Crippen LogP) is 2.35. The first-order valence-corrected chi connectivity index (χ1v) is 6.61. The van der Waals surface area contributed by atoms with Crippen molar-refractivity contribution in [3.8, 4) is 5.75 Å². The lowest BCUT2D eigenvalue weighted by Crippen LogP contribution is -2.06. The van der Waals surface area contributed by atoms with Crippen LogP contribution in [-0.2, 0) is 0 Å². The molecule has 0 radical (unpaired) electrons. The Bertz CT molecular complexity index is 549. The number of para-hydroxylation sites is 1. The number of hydrogen-bond acceptors (Lipinski definition) is 5. The van der Waals surface area contributed by atoms with Crippen LogP contribution in [0.4, 0.5) is 0 Å². The standard InChI is InChI=1S/C13H12N2O3S/c16-12(17)10-4-1-2-5-11(10)18-8-9-19-13-14-6-3-7-15-13/h1-7H,8-9H2,(H,16,17). The van der Waals surface area contributed by atoms with E-state index in [9.17, 15) is 4.79 Å². The highest BCUT2D eigenvalue weighted by Crippen LogP contribution is 2.18. The highest BCUT2D eigenvalue weighted by molar-refractivity contribution is 7.99. The topological polar surface area (TPSA) is 72.3 Å². The fourth-order valence-corrected chi connectivity index (χ4v) is 2.03. The molecule has 2 aromatic rings. The van der Waals surface area contributed by atoms with Crippen molar-refractivity contribution in [2.75, 3.05) is 12.4 Å². The van der Waals surface area contributed by atoms with E-state index >= 15 is 0 Å². The third kappa shape index (κ3) is 3.96. The summed E-state index contributed by atoms with van der Waals surface area (Å²) in [6.07, 6.45) is 3.35. The van der Waals surface area contributed by atoms with E-state index in [4.69, 9.17) is 9.84 Å². The number of carboxylic acid groups (broad SMARTS) is 1. The molecule has 1 aromatic carbocycles. The van der Waals surface area contributed by atoms with Gasteiger partial charge in [0.05, 0.1) is 6.61 Å². The number of aromatic nitrogens is 2. The number of hydrogen-bond donors (Lipinski definition) is 1. The molecule has 98 valence electrons. The van der Waals surface area contributed by atoms with Gasteiger partial charge in [-0.1, -0.05) is 23.9 Å². The fraction of sp³-hybridized carbons (Fsp3) is 0.154. The van der Waals surface area contributed by atoms with Gasteiger partial charge in [0, 0.05) is 18.1 Å². The summed E-state index contributed by atoms with van der Waals surface area (Å²) in [6.45, 7) is 0.396. The number of thioether (sulfide) groups is 1. The Morgan fingerprint density at radius 3 is 2.68 bits per heavy atom. The number of nitrogens with zero attached hydrogens (tertiary/aromatic N) is 2. The molecule has 0 aliphatic rings. The van der Waals surface area contributed by atoms with Crippen LogP contribution in [-0.4, -0.2) is 33.4 Å². The second-order valence-corrected chi connectivity index (χ2v) is 4.59. The van der Waals surface area contributed by atoms with Gasteiger partial charge in [0.15, 0.2) is 5.16 Å². The van der Waals surface area contributed by atoms with Crippen LogP contribution in [0.15, 0.2) is 47.9 Å². The first kappa shape index (κ1) is 13.4. The number of aromatic carboxylic acids is 1. The maximum atomic E-state index is 11.0. The molecule has 0 fully saturated rings. The van der Waals surface area contributed by atoms with Gasteiger partial charge in [0.25, 0.3) is 0 Å². The van der Waals surface area contributed by atoms with Crippen molar-refractivity contribution in [1.82, 2.24) is 9.97 Å². The monoisotopic (exact) mass is 276 g/mol. The summed E-state index contributed by atoms with van der Waals surface area (Å²) in [7, 11) is 0. The summed E-state index contributed by atoms with van der Waals surface area (Å²) in [6, 6.07) is 8.33. The summed E-state index contributed by atoms with van der Waals surface area (Å²) < 4.78 is 5.46. The van der Waals surface area contributed by atoms with Crippen molar-refractivity contribution in [3.63, 3.8) is 0 Å². The molecule has 6 heteroatoms. The van der Waals surface area contributed by atoms with E-state index in [0.29, 0.717) is 23.3 Å². The molecule has 0 aliphatic carbocycles. The molecule has 1 heterocycles. The Hall–Kier alpha value is -2.08. The molecule has 5 nitrogen and oxygen atoms in total. The van der Waals surface area contributed by atoms with E-state index in [1.165, 1.54) is 17.8 Å². The molecular weight excluding hydrogens is 264 g/mol. The quantitative estimate of drug-likeness (QED) is 0.496. The minimum absolute atomic E-state index is 0.170. The van der Waals surface area contributed by atoms with Gasteiger partial charge >= 0.3 is 5.97 Å². The van der Waals surface area contributed by atoms with Crippen LogP contribution in [0, 0.1) is 0 Å². The van der Waals surface area contributed by atoms with Crippen LogP contribution in [0.3, 0.4) is 0 Å². The van der Waals surface area contributed by atoms with Crippen molar-refractivity contribution >= 4 is 17.7 Å². The van der Waals surface area contributed by atoms with Crippen molar-refractivity contribution in [3.05, 3.63) is 48.3 Å². The number of carboxylic acids is 1. The molecule has 0 bridgehead atoms. The van der Waals surface area contributed by atoms with Crippen molar-refractivity contribution in [2.24, 2.45) is 0 Å². The molecule has 0 saturated carbocycles. The summed E-state index contributed by atoms with van der Waals surface area (Å²) in [5, 5.41) is 9.67. The van der Waals surface area contributed by atoms with Gasteiger partial charge in [-0.25, -0.2) is 14.8 Å². The van der Waals surface area contributed by atoms with Gasteiger partial charge in [-0.3, -0.25) is 0 Å². The van der Waals surface area contributed by atoms with Gasteiger partial charge in [0.2, 0.25) is 0 Å².